The third-order valence-electron chi connectivity index (χ3n) is 4.59. The normalized spacial score (nSPS) is 23.9. The van der Waals surface area contributed by atoms with Crippen LogP contribution in [0.25, 0.3) is 0 Å². The number of hydrogen-bond acceptors (Lipinski definition) is 3. The van der Waals surface area contributed by atoms with Crippen molar-refractivity contribution < 1.29 is 14.7 Å². The van der Waals surface area contributed by atoms with Crippen molar-refractivity contribution in [2.45, 2.75) is 24.5 Å². The van der Waals surface area contributed by atoms with E-state index in [1.165, 1.54) is 11.1 Å². The van der Waals surface area contributed by atoms with Crippen LogP contribution in [0.2, 0.25) is 0 Å². The van der Waals surface area contributed by atoms with Gasteiger partial charge in [-0.25, -0.2) is 4.79 Å². The zero-order valence-electron chi connectivity index (χ0n) is 13.0. The molecule has 2 atom stereocenters. The Labute approximate surface area is 140 Å². The number of fused-ring (bicyclic) bond motifs is 1. The SMILES string of the molecule is O=C(O)C1CCCN(C(=O)NCC2SCCc3ccccc32)C1. The number of carboxylic acid groups (broad SMARTS) is 1. The van der Waals surface area contributed by atoms with Gasteiger partial charge >= 0.3 is 12.0 Å². The average molecular weight is 334 g/mol. The molecule has 0 saturated carbocycles. The van der Waals surface area contributed by atoms with Crippen LogP contribution in [0, 0.1) is 5.92 Å². The molecule has 124 valence electrons. The number of thioether (sulfide) groups is 1. The van der Waals surface area contributed by atoms with Crippen LogP contribution in [-0.2, 0) is 11.2 Å². The van der Waals surface area contributed by atoms with Crippen LogP contribution in [0.15, 0.2) is 24.3 Å². The summed E-state index contributed by atoms with van der Waals surface area (Å²) in [6, 6.07) is 8.26. The van der Waals surface area contributed by atoms with E-state index in [4.69, 9.17) is 5.11 Å². The maximum absolute atomic E-state index is 12.3. The van der Waals surface area contributed by atoms with Crippen molar-refractivity contribution in [2.75, 3.05) is 25.4 Å². The van der Waals surface area contributed by atoms with E-state index < -0.39 is 11.9 Å². The third kappa shape index (κ3) is 3.80. The molecule has 0 aliphatic carbocycles. The summed E-state index contributed by atoms with van der Waals surface area (Å²) >= 11 is 1.87. The van der Waals surface area contributed by atoms with Crippen molar-refractivity contribution in [3.8, 4) is 0 Å². The van der Waals surface area contributed by atoms with Crippen molar-refractivity contribution in [2.24, 2.45) is 5.92 Å². The molecule has 5 nitrogen and oxygen atoms in total. The number of nitrogens with one attached hydrogen (secondary N) is 1. The molecule has 2 unspecified atom stereocenters. The van der Waals surface area contributed by atoms with Gasteiger partial charge in [-0.1, -0.05) is 24.3 Å². The van der Waals surface area contributed by atoms with Gasteiger partial charge in [-0.15, -0.1) is 0 Å². The average Bonchev–Trinajstić information content (AvgIpc) is 2.59. The van der Waals surface area contributed by atoms with Crippen LogP contribution in [-0.4, -0.2) is 47.4 Å². The molecule has 2 amide bonds. The molecule has 2 aliphatic heterocycles. The molecular formula is C17H22N2O3S. The number of aliphatic carboxylic acids is 1. The number of aryl methyl sites for hydroxylation is 1. The van der Waals surface area contributed by atoms with Gasteiger partial charge in [0.1, 0.15) is 0 Å². The molecule has 1 aromatic rings. The molecule has 6 heteroatoms. The zero-order valence-corrected chi connectivity index (χ0v) is 13.8. The van der Waals surface area contributed by atoms with Crippen LogP contribution in [0.1, 0.15) is 29.2 Å². The number of carboxylic acids is 1. The summed E-state index contributed by atoms with van der Waals surface area (Å²) in [6.45, 7) is 1.55. The number of nitrogens with zero attached hydrogens (tertiary/aromatic N) is 1. The lowest BCUT2D eigenvalue weighted by atomic mass is 9.99. The van der Waals surface area contributed by atoms with Crippen LogP contribution < -0.4 is 5.32 Å². The molecule has 3 rings (SSSR count). The van der Waals surface area contributed by atoms with Crippen molar-refractivity contribution in [1.82, 2.24) is 10.2 Å². The number of carbonyl (C=O) groups excluding carboxylic acids is 1. The first-order valence-electron chi connectivity index (χ1n) is 8.10. The Balaban J connectivity index is 1.56. The largest absolute Gasteiger partial charge is 0.481 e. The Kier molecular flexibility index (Phi) is 5.10. The summed E-state index contributed by atoms with van der Waals surface area (Å²) in [6.07, 6.45) is 2.49. The summed E-state index contributed by atoms with van der Waals surface area (Å²) in [7, 11) is 0. The second-order valence-corrected chi connectivity index (χ2v) is 7.43. The fraction of sp³-hybridized carbons (Fsp3) is 0.529. The number of likely N-dealkylation sites (tertiary alicyclic amines) is 1. The smallest absolute Gasteiger partial charge is 0.317 e. The highest BCUT2D eigenvalue weighted by molar-refractivity contribution is 7.99. The molecule has 0 spiro atoms. The monoisotopic (exact) mass is 334 g/mol. The number of amides is 2. The van der Waals surface area contributed by atoms with E-state index in [2.05, 4.69) is 23.5 Å². The number of rotatable bonds is 3. The topological polar surface area (TPSA) is 69.6 Å². The Morgan fingerprint density at radius 2 is 2.17 bits per heavy atom. The highest BCUT2D eigenvalue weighted by Crippen LogP contribution is 2.36. The lowest BCUT2D eigenvalue weighted by Gasteiger charge is -2.32. The zero-order chi connectivity index (χ0) is 16.2. The maximum Gasteiger partial charge on any atom is 0.317 e. The van der Waals surface area contributed by atoms with Crippen molar-refractivity contribution >= 4 is 23.8 Å². The van der Waals surface area contributed by atoms with Gasteiger partial charge in [0.05, 0.1) is 5.92 Å². The molecule has 23 heavy (non-hydrogen) atoms. The minimum atomic E-state index is -0.806. The molecule has 1 saturated heterocycles. The molecule has 1 fully saturated rings. The summed E-state index contributed by atoms with van der Waals surface area (Å²) in [5, 5.41) is 12.4. The number of benzene rings is 1. The first-order valence-corrected chi connectivity index (χ1v) is 9.15. The Morgan fingerprint density at radius 1 is 1.35 bits per heavy atom. The number of urea groups is 1. The minimum absolute atomic E-state index is 0.139. The molecule has 0 aromatic heterocycles. The lowest BCUT2D eigenvalue weighted by molar-refractivity contribution is -0.143. The van der Waals surface area contributed by atoms with Gasteiger partial charge in [0, 0.05) is 24.9 Å². The van der Waals surface area contributed by atoms with Gasteiger partial charge in [0.15, 0.2) is 0 Å². The van der Waals surface area contributed by atoms with Crippen molar-refractivity contribution in [3.63, 3.8) is 0 Å². The summed E-state index contributed by atoms with van der Waals surface area (Å²) in [4.78, 5) is 25.1. The molecular weight excluding hydrogens is 312 g/mol. The molecule has 1 aromatic carbocycles. The van der Waals surface area contributed by atoms with Crippen LogP contribution in [0.4, 0.5) is 4.79 Å². The van der Waals surface area contributed by atoms with E-state index in [0.717, 1.165) is 18.6 Å². The van der Waals surface area contributed by atoms with E-state index in [0.29, 0.717) is 26.1 Å². The Bertz CT molecular complexity index is 593. The van der Waals surface area contributed by atoms with Gasteiger partial charge in [-0.2, -0.15) is 11.8 Å². The van der Waals surface area contributed by atoms with Crippen LogP contribution in [0.5, 0.6) is 0 Å². The summed E-state index contributed by atoms with van der Waals surface area (Å²) in [5.74, 6) is -0.166. The maximum atomic E-state index is 12.3. The quantitative estimate of drug-likeness (QED) is 0.891. The summed E-state index contributed by atoms with van der Waals surface area (Å²) in [5.41, 5.74) is 2.68. The van der Waals surface area contributed by atoms with Gasteiger partial charge in [0.25, 0.3) is 0 Å². The first kappa shape index (κ1) is 16.2. The lowest BCUT2D eigenvalue weighted by Crippen LogP contribution is -2.47. The molecule has 2 aliphatic rings. The summed E-state index contributed by atoms with van der Waals surface area (Å²) < 4.78 is 0. The third-order valence-corrected chi connectivity index (χ3v) is 5.85. The van der Waals surface area contributed by atoms with E-state index >= 15 is 0 Å². The van der Waals surface area contributed by atoms with Gasteiger partial charge < -0.3 is 15.3 Å². The van der Waals surface area contributed by atoms with E-state index in [-0.39, 0.29) is 11.3 Å². The predicted octanol–water partition coefficient (Wildman–Crippen LogP) is 2.52. The van der Waals surface area contributed by atoms with Gasteiger partial charge in [-0.05, 0) is 36.1 Å². The van der Waals surface area contributed by atoms with Gasteiger partial charge in [0.2, 0.25) is 0 Å². The minimum Gasteiger partial charge on any atom is -0.481 e. The Hall–Kier alpha value is -1.69. The highest BCUT2D eigenvalue weighted by atomic mass is 32.2. The molecule has 2 N–H and O–H groups in total. The second kappa shape index (κ2) is 7.25. The van der Waals surface area contributed by atoms with Crippen molar-refractivity contribution in [3.05, 3.63) is 35.4 Å². The van der Waals surface area contributed by atoms with Crippen LogP contribution in [0.3, 0.4) is 0 Å². The molecule has 0 radical (unpaired) electrons. The van der Waals surface area contributed by atoms with Crippen LogP contribution >= 0.6 is 11.8 Å². The van der Waals surface area contributed by atoms with Gasteiger partial charge in [-0.3, -0.25) is 4.79 Å². The fourth-order valence-corrected chi connectivity index (χ4v) is 4.53. The first-order chi connectivity index (χ1) is 11.1. The van der Waals surface area contributed by atoms with E-state index in [9.17, 15) is 9.59 Å². The molecule has 0 bridgehead atoms. The van der Waals surface area contributed by atoms with E-state index in [1.54, 1.807) is 4.90 Å². The number of hydrogen-bond donors (Lipinski definition) is 2. The fourth-order valence-electron chi connectivity index (χ4n) is 3.30. The predicted molar refractivity (Wildman–Crippen MR) is 90.7 cm³/mol. The number of piperidine rings is 1. The standard InChI is InChI=1S/C17H22N2O3S/c20-16(21)13-5-3-8-19(11-13)17(22)18-10-15-14-6-2-1-4-12(14)7-9-23-15/h1-2,4,6,13,15H,3,5,7-11H2,(H,18,22)(H,20,21). The Morgan fingerprint density at radius 3 is 3.00 bits per heavy atom. The molecule has 2 heterocycles. The second-order valence-electron chi connectivity index (χ2n) is 6.12. The number of carbonyl (C=O) groups is 2. The highest BCUT2D eigenvalue weighted by Gasteiger charge is 2.28. The van der Waals surface area contributed by atoms with E-state index in [1.807, 2.05) is 17.8 Å². The van der Waals surface area contributed by atoms with Crippen molar-refractivity contribution in [1.29, 1.82) is 0 Å².